The molecular weight excluding hydrogens is 248 g/mol. The van der Waals surface area contributed by atoms with Gasteiger partial charge in [-0.25, -0.2) is 0 Å². The number of carbonyl (C=O) groups is 1. The standard InChI is InChI=1S/C17H24N2O/c1-13-12-18-9-10-19(13)17(20)11-15-7-4-6-14-5-2-3-8-16(14)15/h2-3,5,8,13,15,18H,4,6-7,9-12H2,1H3. The van der Waals surface area contributed by atoms with Gasteiger partial charge in [0.05, 0.1) is 0 Å². The predicted molar refractivity (Wildman–Crippen MR) is 80.8 cm³/mol. The van der Waals surface area contributed by atoms with Crippen molar-refractivity contribution in [1.29, 1.82) is 0 Å². The molecular formula is C17H24N2O. The summed E-state index contributed by atoms with van der Waals surface area (Å²) in [5, 5.41) is 3.34. The third-order valence-electron chi connectivity index (χ3n) is 4.74. The molecule has 0 radical (unpaired) electrons. The molecule has 108 valence electrons. The van der Waals surface area contributed by atoms with Gasteiger partial charge in [0.1, 0.15) is 0 Å². The Hall–Kier alpha value is -1.35. The van der Waals surface area contributed by atoms with Crippen LogP contribution in [0.2, 0.25) is 0 Å². The number of carbonyl (C=O) groups excluding carboxylic acids is 1. The van der Waals surface area contributed by atoms with Crippen molar-refractivity contribution in [3.8, 4) is 0 Å². The van der Waals surface area contributed by atoms with Crippen molar-refractivity contribution >= 4 is 5.91 Å². The van der Waals surface area contributed by atoms with E-state index in [4.69, 9.17) is 0 Å². The summed E-state index contributed by atoms with van der Waals surface area (Å²) < 4.78 is 0. The lowest BCUT2D eigenvalue weighted by Gasteiger charge is -2.35. The van der Waals surface area contributed by atoms with Crippen LogP contribution < -0.4 is 5.32 Å². The van der Waals surface area contributed by atoms with Crippen LogP contribution in [0.1, 0.15) is 43.2 Å². The highest BCUT2D eigenvalue weighted by molar-refractivity contribution is 5.77. The third kappa shape index (κ3) is 2.73. The molecule has 3 rings (SSSR count). The molecule has 2 atom stereocenters. The predicted octanol–water partition coefficient (Wildman–Crippen LogP) is 2.32. The molecule has 0 aromatic heterocycles. The highest BCUT2D eigenvalue weighted by Crippen LogP contribution is 2.34. The molecule has 2 unspecified atom stereocenters. The second-order valence-electron chi connectivity index (χ2n) is 6.13. The molecule has 1 saturated heterocycles. The smallest absolute Gasteiger partial charge is 0.223 e. The molecule has 1 aromatic carbocycles. The average Bonchev–Trinajstić information content (AvgIpc) is 2.48. The summed E-state index contributed by atoms with van der Waals surface area (Å²) in [5.74, 6) is 0.759. The Balaban J connectivity index is 1.70. The SMILES string of the molecule is CC1CNCCN1C(=O)CC1CCCc2ccccc21. The third-order valence-corrected chi connectivity index (χ3v) is 4.74. The van der Waals surface area contributed by atoms with Crippen molar-refractivity contribution in [2.24, 2.45) is 0 Å². The van der Waals surface area contributed by atoms with Crippen molar-refractivity contribution in [2.45, 2.75) is 44.6 Å². The van der Waals surface area contributed by atoms with Crippen LogP contribution in [0.3, 0.4) is 0 Å². The molecule has 1 amide bonds. The summed E-state index contributed by atoms with van der Waals surface area (Å²) in [6.45, 7) is 4.84. The number of hydrogen-bond donors (Lipinski definition) is 1. The molecule has 3 nitrogen and oxygen atoms in total. The number of rotatable bonds is 2. The normalized spacial score (nSPS) is 26.1. The van der Waals surface area contributed by atoms with Gasteiger partial charge in [0.25, 0.3) is 0 Å². The maximum absolute atomic E-state index is 12.6. The zero-order valence-electron chi connectivity index (χ0n) is 12.3. The van der Waals surface area contributed by atoms with Crippen LogP contribution in [0.5, 0.6) is 0 Å². The lowest BCUT2D eigenvalue weighted by molar-refractivity contribution is -0.134. The fourth-order valence-corrected chi connectivity index (χ4v) is 3.61. The van der Waals surface area contributed by atoms with Crippen molar-refractivity contribution < 1.29 is 4.79 Å². The van der Waals surface area contributed by atoms with Gasteiger partial charge in [-0.2, -0.15) is 0 Å². The van der Waals surface area contributed by atoms with E-state index >= 15 is 0 Å². The van der Waals surface area contributed by atoms with E-state index in [1.165, 1.54) is 24.0 Å². The number of nitrogens with one attached hydrogen (secondary N) is 1. The molecule has 1 fully saturated rings. The van der Waals surface area contributed by atoms with Gasteiger partial charge in [-0.1, -0.05) is 24.3 Å². The summed E-state index contributed by atoms with van der Waals surface area (Å²) in [5.41, 5.74) is 2.86. The Kier molecular flexibility index (Phi) is 4.06. The molecule has 0 spiro atoms. The van der Waals surface area contributed by atoms with Crippen LogP contribution in [-0.2, 0) is 11.2 Å². The number of hydrogen-bond acceptors (Lipinski definition) is 2. The summed E-state index contributed by atoms with van der Waals surface area (Å²) >= 11 is 0. The topological polar surface area (TPSA) is 32.3 Å². The molecule has 1 aliphatic heterocycles. The zero-order chi connectivity index (χ0) is 13.9. The van der Waals surface area contributed by atoms with Crippen LogP contribution >= 0.6 is 0 Å². The number of amides is 1. The molecule has 3 heteroatoms. The van der Waals surface area contributed by atoms with Gasteiger partial charge in [-0.15, -0.1) is 0 Å². The Morgan fingerprint density at radius 3 is 3.10 bits per heavy atom. The maximum Gasteiger partial charge on any atom is 0.223 e. The van der Waals surface area contributed by atoms with E-state index in [1.54, 1.807) is 0 Å². The number of aryl methyl sites for hydroxylation is 1. The second-order valence-corrected chi connectivity index (χ2v) is 6.13. The first-order valence-corrected chi connectivity index (χ1v) is 7.83. The lowest BCUT2D eigenvalue weighted by atomic mass is 9.81. The quantitative estimate of drug-likeness (QED) is 0.896. The van der Waals surface area contributed by atoms with Gasteiger partial charge in [-0.05, 0) is 43.2 Å². The highest BCUT2D eigenvalue weighted by Gasteiger charge is 2.27. The van der Waals surface area contributed by atoms with Gasteiger partial charge in [0.2, 0.25) is 5.91 Å². The van der Waals surface area contributed by atoms with Gasteiger partial charge < -0.3 is 10.2 Å². The van der Waals surface area contributed by atoms with E-state index < -0.39 is 0 Å². The Bertz CT molecular complexity index is 486. The van der Waals surface area contributed by atoms with Crippen molar-refractivity contribution in [1.82, 2.24) is 10.2 Å². The van der Waals surface area contributed by atoms with E-state index in [0.717, 1.165) is 26.1 Å². The zero-order valence-corrected chi connectivity index (χ0v) is 12.3. The summed E-state index contributed by atoms with van der Waals surface area (Å²) in [6, 6.07) is 8.99. The first-order valence-electron chi connectivity index (χ1n) is 7.83. The summed E-state index contributed by atoms with van der Waals surface area (Å²) in [7, 11) is 0. The number of benzene rings is 1. The van der Waals surface area contributed by atoms with Crippen LogP contribution in [0.15, 0.2) is 24.3 Å². The minimum atomic E-state index is 0.329. The van der Waals surface area contributed by atoms with Crippen LogP contribution in [-0.4, -0.2) is 36.5 Å². The average molecular weight is 272 g/mol. The fourth-order valence-electron chi connectivity index (χ4n) is 3.61. The van der Waals surface area contributed by atoms with Crippen LogP contribution in [0.25, 0.3) is 0 Å². The van der Waals surface area contributed by atoms with Gasteiger partial charge in [0, 0.05) is 32.1 Å². The molecule has 20 heavy (non-hydrogen) atoms. The van der Waals surface area contributed by atoms with Crippen molar-refractivity contribution in [3.05, 3.63) is 35.4 Å². The first kappa shape index (κ1) is 13.6. The lowest BCUT2D eigenvalue weighted by Crippen LogP contribution is -2.52. The molecule has 1 N–H and O–H groups in total. The minimum Gasteiger partial charge on any atom is -0.337 e. The molecule has 1 aromatic rings. The Morgan fingerprint density at radius 2 is 2.25 bits per heavy atom. The van der Waals surface area contributed by atoms with Gasteiger partial charge in [0.15, 0.2) is 0 Å². The Morgan fingerprint density at radius 1 is 1.40 bits per heavy atom. The largest absolute Gasteiger partial charge is 0.337 e. The number of piperazine rings is 1. The molecule has 2 aliphatic rings. The van der Waals surface area contributed by atoms with Crippen LogP contribution in [0.4, 0.5) is 0 Å². The Labute approximate surface area is 121 Å². The first-order chi connectivity index (χ1) is 9.75. The van der Waals surface area contributed by atoms with E-state index in [2.05, 4.69) is 41.4 Å². The number of fused-ring (bicyclic) bond motifs is 1. The molecule has 1 heterocycles. The van der Waals surface area contributed by atoms with E-state index in [-0.39, 0.29) is 0 Å². The van der Waals surface area contributed by atoms with Gasteiger partial charge >= 0.3 is 0 Å². The minimum absolute atomic E-state index is 0.329. The highest BCUT2D eigenvalue weighted by atomic mass is 16.2. The summed E-state index contributed by atoms with van der Waals surface area (Å²) in [6.07, 6.45) is 4.22. The summed E-state index contributed by atoms with van der Waals surface area (Å²) in [4.78, 5) is 14.6. The molecule has 0 bridgehead atoms. The van der Waals surface area contributed by atoms with Gasteiger partial charge in [-0.3, -0.25) is 4.79 Å². The maximum atomic E-state index is 12.6. The second kappa shape index (κ2) is 5.96. The van der Waals surface area contributed by atoms with Crippen LogP contribution in [0, 0.1) is 0 Å². The van der Waals surface area contributed by atoms with E-state index in [9.17, 15) is 4.79 Å². The number of nitrogens with zero attached hydrogens (tertiary/aromatic N) is 1. The van der Waals surface area contributed by atoms with Crippen molar-refractivity contribution in [3.63, 3.8) is 0 Å². The molecule has 0 saturated carbocycles. The molecule has 1 aliphatic carbocycles. The van der Waals surface area contributed by atoms with E-state index in [0.29, 0.717) is 24.3 Å². The van der Waals surface area contributed by atoms with Crippen molar-refractivity contribution in [2.75, 3.05) is 19.6 Å². The monoisotopic (exact) mass is 272 g/mol. The fraction of sp³-hybridized carbons (Fsp3) is 0.588. The van der Waals surface area contributed by atoms with E-state index in [1.807, 2.05) is 0 Å².